The van der Waals surface area contributed by atoms with Crippen molar-refractivity contribution in [1.82, 2.24) is 14.9 Å². The molecule has 1 rings (SSSR count). The Morgan fingerprint density at radius 1 is 1.17 bits per heavy atom. The fourth-order valence-corrected chi connectivity index (χ4v) is 1.88. The molecule has 1 heterocycles. The molecule has 4 heteroatoms. The Hall–Kier alpha value is -1.16. The van der Waals surface area contributed by atoms with Crippen LogP contribution >= 0.6 is 0 Å². The fraction of sp³-hybridized carbons (Fsp3) is 0.714. The standard InChI is InChI=1S/C14H26N4/c1-5-9-15-14-11-12(4)16-13(17-14)8-10-18(6-2)7-3/h11H,5-10H2,1-4H3,(H,15,16,17). The second-order valence-corrected chi connectivity index (χ2v) is 4.51. The molecule has 4 nitrogen and oxygen atoms in total. The molecule has 0 aliphatic heterocycles. The van der Waals surface area contributed by atoms with Crippen molar-refractivity contribution in [2.75, 3.05) is 31.5 Å². The number of likely N-dealkylation sites (N-methyl/N-ethyl adjacent to an activating group) is 1. The molecule has 0 spiro atoms. The minimum atomic E-state index is 0.921. The van der Waals surface area contributed by atoms with Crippen molar-refractivity contribution in [3.63, 3.8) is 0 Å². The van der Waals surface area contributed by atoms with Gasteiger partial charge in [-0.25, -0.2) is 9.97 Å². The van der Waals surface area contributed by atoms with Gasteiger partial charge < -0.3 is 10.2 Å². The minimum absolute atomic E-state index is 0.921. The predicted octanol–water partition coefficient (Wildman–Crippen LogP) is 2.49. The van der Waals surface area contributed by atoms with E-state index in [1.54, 1.807) is 0 Å². The van der Waals surface area contributed by atoms with E-state index >= 15 is 0 Å². The summed E-state index contributed by atoms with van der Waals surface area (Å²) in [5.41, 5.74) is 1.04. The lowest BCUT2D eigenvalue weighted by molar-refractivity contribution is 0.305. The SMILES string of the molecule is CCCNc1cc(C)nc(CCN(CC)CC)n1. The van der Waals surface area contributed by atoms with E-state index in [1.165, 1.54) is 0 Å². The van der Waals surface area contributed by atoms with Crippen LogP contribution in [0, 0.1) is 6.92 Å². The first-order chi connectivity index (χ1) is 8.69. The lowest BCUT2D eigenvalue weighted by atomic mass is 10.3. The van der Waals surface area contributed by atoms with Gasteiger partial charge in [0.1, 0.15) is 11.6 Å². The van der Waals surface area contributed by atoms with Crippen LogP contribution in [0.25, 0.3) is 0 Å². The molecule has 0 radical (unpaired) electrons. The molecule has 0 unspecified atom stereocenters. The number of anilines is 1. The van der Waals surface area contributed by atoms with Gasteiger partial charge in [0.05, 0.1) is 0 Å². The van der Waals surface area contributed by atoms with Crippen LogP contribution in [0.3, 0.4) is 0 Å². The molecule has 0 amide bonds. The molecule has 1 aromatic rings. The number of hydrogen-bond donors (Lipinski definition) is 1. The van der Waals surface area contributed by atoms with Gasteiger partial charge in [0, 0.05) is 31.3 Å². The summed E-state index contributed by atoms with van der Waals surface area (Å²) in [5, 5.41) is 3.33. The molecule has 0 bridgehead atoms. The van der Waals surface area contributed by atoms with Gasteiger partial charge in [0.25, 0.3) is 0 Å². The summed E-state index contributed by atoms with van der Waals surface area (Å²) in [6, 6.07) is 2.01. The van der Waals surface area contributed by atoms with Gasteiger partial charge in [0.15, 0.2) is 0 Å². The third-order valence-electron chi connectivity index (χ3n) is 3.00. The molecule has 0 aliphatic rings. The van der Waals surface area contributed by atoms with Crippen LogP contribution in [0.15, 0.2) is 6.07 Å². The summed E-state index contributed by atoms with van der Waals surface area (Å²) in [6.07, 6.45) is 2.03. The highest BCUT2D eigenvalue weighted by Gasteiger charge is 2.04. The highest BCUT2D eigenvalue weighted by Crippen LogP contribution is 2.07. The summed E-state index contributed by atoms with van der Waals surface area (Å²) in [6.45, 7) is 12.7. The molecule has 0 atom stereocenters. The van der Waals surface area contributed by atoms with Crippen LogP contribution in [0.2, 0.25) is 0 Å². The van der Waals surface area contributed by atoms with Gasteiger partial charge in [-0.3, -0.25) is 0 Å². The Bertz CT molecular complexity index is 348. The lowest BCUT2D eigenvalue weighted by Crippen LogP contribution is -2.26. The molecule has 18 heavy (non-hydrogen) atoms. The van der Waals surface area contributed by atoms with E-state index in [2.05, 4.69) is 41.0 Å². The Morgan fingerprint density at radius 2 is 1.89 bits per heavy atom. The summed E-state index contributed by atoms with van der Waals surface area (Å²) >= 11 is 0. The minimum Gasteiger partial charge on any atom is -0.370 e. The second kappa shape index (κ2) is 8.03. The van der Waals surface area contributed by atoms with Crippen LogP contribution < -0.4 is 5.32 Å². The number of aromatic nitrogens is 2. The van der Waals surface area contributed by atoms with Crippen LogP contribution in [-0.2, 0) is 6.42 Å². The zero-order valence-corrected chi connectivity index (χ0v) is 12.2. The van der Waals surface area contributed by atoms with E-state index < -0.39 is 0 Å². The number of nitrogens with zero attached hydrogens (tertiary/aromatic N) is 3. The molecule has 1 N–H and O–H groups in total. The number of rotatable bonds is 8. The fourth-order valence-electron chi connectivity index (χ4n) is 1.88. The summed E-state index contributed by atoms with van der Waals surface area (Å²) in [5.74, 6) is 1.90. The average Bonchev–Trinajstić information content (AvgIpc) is 2.37. The smallest absolute Gasteiger partial charge is 0.132 e. The normalized spacial score (nSPS) is 10.9. The van der Waals surface area contributed by atoms with Gasteiger partial charge in [-0.05, 0) is 26.4 Å². The molecule has 0 fully saturated rings. The van der Waals surface area contributed by atoms with Crippen molar-refractivity contribution in [2.24, 2.45) is 0 Å². The van der Waals surface area contributed by atoms with Gasteiger partial charge >= 0.3 is 0 Å². The molecule has 0 aromatic carbocycles. The van der Waals surface area contributed by atoms with Gasteiger partial charge in [-0.1, -0.05) is 20.8 Å². The monoisotopic (exact) mass is 250 g/mol. The summed E-state index contributed by atoms with van der Waals surface area (Å²) in [7, 11) is 0. The maximum Gasteiger partial charge on any atom is 0.132 e. The zero-order chi connectivity index (χ0) is 13.4. The van der Waals surface area contributed by atoms with Crippen LogP contribution in [0.4, 0.5) is 5.82 Å². The predicted molar refractivity (Wildman–Crippen MR) is 77.0 cm³/mol. The van der Waals surface area contributed by atoms with Gasteiger partial charge in [-0.15, -0.1) is 0 Å². The third-order valence-corrected chi connectivity index (χ3v) is 3.00. The van der Waals surface area contributed by atoms with Crippen molar-refractivity contribution >= 4 is 5.82 Å². The highest BCUT2D eigenvalue weighted by atomic mass is 15.1. The quantitative estimate of drug-likeness (QED) is 0.769. The highest BCUT2D eigenvalue weighted by molar-refractivity contribution is 5.35. The second-order valence-electron chi connectivity index (χ2n) is 4.51. The van der Waals surface area contributed by atoms with Gasteiger partial charge in [-0.2, -0.15) is 0 Å². The molecule has 102 valence electrons. The zero-order valence-electron chi connectivity index (χ0n) is 12.2. The van der Waals surface area contributed by atoms with Crippen LogP contribution in [0.5, 0.6) is 0 Å². The maximum atomic E-state index is 4.56. The average molecular weight is 250 g/mol. The first-order valence-corrected chi connectivity index (χ1v) is 7.00. The van der Waals surface area contributed by atoms with Crippen molar-refractivity contribution in [2.45, 2.75) is 40.5 Å². The Morgan fingerprint density at radius 3 is 2.50 bits per heavy atom. The van der Waals surface area contributed by atoms with Crippen molar-refractivity contribution in [3.8, 4) is 0 Å². The van der Waals surface area contributed by atoms with E-state index in [9.17, 15) is 0 Å². The molecular formula is C14H26N4. The number of aryl methyl sites for hydroxylation is 1. The first kappa shape index (κ1) is 14.9. The lowest BCUT2D eigenvalue weighted by Gasteiger charge is -2.17. The Balaban J connectivity index is 2.61. The molecule has 0 saturated heterocycles. The van der Waals surface area contributed by atoms with E-state index in [4.69, 9.17) is 0 Å². The Kier molecular flexibility index (Phi) is 6.65. The summed E-state index contributed by atoms with van der Waals surface area (Å²) < 4.78 is 0. The topological polar surface area (TPSA) is 41.1 Å². The number of nitrogens with one attached hydrogen (secondary N) is 1. The van der Waals surface area contributed by atoms with E-state index in [-0.39, 0.29) is 0 Å². The molecule has 0 saturated carbocycles. The van der Waals surface area contributed by atoms with Crippen LogP contribution in [-0.4, -0.2) is 41.0 Å². The third kappa shape index (κ3) is 5.00. The van der Waals surface area contributed by atoms with E-state index in [0.29, 0.717) is 0 Å². The maximum absolute atomic E-state index is 4.56. The molecule has 1 aromatic heterocycles. The largest absolute Gasteiger partial charge is 0.370 e. The van der Waals surface area contributed by atoms with Crippen molar-refractivity contribution in [3.05, 3.63) is 17.6 Å². The van der Waals surface area contributed by atoms with Gasteiger partial charge in [0.2, 0.25) is 0 Å². The molecule has 0 aliphatic carbocycles. The van der Waals surface area contributed by atoms with E-state index in [1.807, 2.05) is 13.0 Å². The van der Waals surface area contributed by atoms with E-state index in [0.717, 1.165) is 56.4 Å². The number of hydrogen-bond acceptors (Lipinski definition) is 4. The first-order valence-electron chi connectivity index (χ1n) is 7.00. The van der Waals surface area contributed by atoms with Crippen molar-refractivity contribution in [1.29, 1.82) is 0 Å². The van der Waals surface area contributed by atoms with Crippen LogP contribution in [0.1, 0.15) is 38.7 Å². The Labute approximate surface area is 111 Å². The molecular weight excluding hydrogens is 224 g/mol. The van der Waals surface area contributed by atoms with Crippen molar-refractivity contribution < 1.29 is 0 Å². The summed E-state index contributed by atoms with van der Waals surface area (Å²) in [4.78, 5) is 11.5.